The first-order valence-electron chi connectivity index (χ1n) is 10.6. The van der Waals surface area contributed by atoms with E-state index in [-0.39, 0.29) is 17.5 Å². The van der Waals surface area contributed by atoms with Gasteiger partial charge in [0, 0.05) is 22.1 Å². The molecule has 0 fully saturated rings. The van der Waals surface area contributed by atoms with Gasteiger partial charge in [0.1, 0.15) is 23.0 Å². The summed E-state index contributed by atoms with van der Waals surface area (Å²) in [5, 5.41) is 23.3. The SMILES string of the molecule is O=C1OC2(c3cc4ccc(O)cc4cc3Oc3c2ccc2cc(O)ccc32)c2ccccc21. The Morgan fingerprint density at radius 2 is 1.42 bits per heavy atom. The van der Waals surface area contributed by atoms with E-state index >= 15 is 0 Å². The van der Waals surface area contributed by atoms with Gasteiger partial charge in [0.15, 0.2) is 5.60 Å². The Hall–Kier alpha value is -4.51. The monoisotopic (exact) mass is 432 g/mol. The Kier molecular flexibility index (Phi) is 3.32. The van der Waals surface area contributed by atoms with Crippen molar-refractivity contribution in [3.63, 3.8) is 0 Å². The summed E-state index contributed by atoms with van der Waals surface area (Å²) in [6.45, 7) is 0. The van der Waals surface area contributed by atoms with Crippen molar-refractivity contribution in [3.8, 4) is 23.0 Å². The largest absolute Gasteiger partial charge is 0.508 e. The van der Waals surface area contributed by atoms with E-state index in [9.17, 15) is 15.0 Å². The lowest BCUT2D eigenvalue weighted by Crippen LogP contribution is -2.33. The maximum absolute atomic E-state index is 13.0. The standard InChI is InChI=1S/C28H16O5/c29-18-7-5-15-13-24-25(14-17(15)12-18)32-26-20-9-8-19(30)11-16(20)6-10-23(26)28(24)22-4-2-1-3-21(22)27(31)33-28/h1-14,29-30H. The molecule has 7 rings (SSSR count). The molecule has 0 radical (unpaired) electrons. The fourth-order valence-corrected chi connectivity index (χ4v) is 5.17. The van der Waals surface area contributed by atoms with Crippen molar-refractivity contribution in [2.45, 2.75) is 5.60 Å². The zero-order valence-electron chi connectivity index (χ0n) is 17.2. The number of phenolic OH excluding ortho intramolecular Hbond substituents is 2. The van der Waals surface area contributed by atoms with Crippen LogP contribution in [0, 0.1) is 0 Å². The summed E-state index contributed by atoms with van der Waals surface area (Å²) in [6.07, 6.45) is 0. The van der Waals surface area contributed by atoms with E-state index in [4.69, 9.17) is 9.47 Å². The zero-order chi connectivity index (χ0) is 22.3. The van der Waals surface area contributed by atoms with E-state index in [0.29, 0.717) is 17.1 Å². The molecule has 1 atom stereocenters. The lowest BCUT2D eigenvalue weighted by Gasteiger charge is -2.37. The van der Waals surface area contributed by atoms with Crippen LogP contribution in [0.4, 0.5) is 0 Å². The molecule has 0 bridgehead atoms. The van der Waals surface area contributed by atoms with E-state index in [1.54, 1.807) is 36.4 Å². The molecule has 2 aliphatic heterocycles. The fourth-order valence-electron chi connectivity index (χ4n) is 5.17. The molecular weight excluding hydrogens is 416 g/mol. The number of hydrogen-bond acceptors (Lipinski definition) is 5. The molecule has 2 N–H and O–H groups in total. The Bertz CT molecular complexity index is 1670. The lowest BCUT2D eigenvalue weighted by molar-refractivity contribution is 0.0226. The molecule has 1 spiro atoms. The predicted molar refractivity (Wildman–Crippen MR) is 123 cm³/mol. The van der Waals surface area contributed by atoms with Crippen molar-refractivity contribution in [1.29, 1.82) is 0 Å². The molecule has 5 nitrogen and oxygen atoms in total. The van der Waals surface area contributed by atoms with E-state index in [0.717, 1.165) is 38.2 Å². The molecule has 0 aliphatic carbocycles. The van der Waals surface area contributed by atoms with Gasteiger partial charge in [-0.3, -0.25) is 0 Å². The van der Waals surface area contributed by atoms with Crippen molar-refractivity contribution >= 4 is 27.5 Å². The van der Waals surface area contributed by atoms with Crippen molar-refractivity contribution in [2.24, 2.45) is 0 Å². The van der Waals surface area contributed by atoms with Gasteiger partial charge in [-0.2, -0.15) is 0 Å². The summed E-state index contributed by atoms with van der Waals surface area (Å²) in [6, 6.07) is 25.3. The summed E-state index contributed by atoms with van der Waals surface area (Å²) >= 11 is 0. The van der Waals surface area contributed by atoms with Crippen LogP contribution in [-0.4, -0.2) is 16.2 Å². The minimum absolute atomic E-state index is 0.159. The first-order chi connectivity index (χ1) is 16.0. The molecule has 2 aliphatic rings. The Balaban J connectivity index is 1.64. The van der Waals surface area contributed by atoms with E-state index in [1.165, 1.54) is 0 Å². The lowest BCUT2D eigenvalue weighted by atomic mass is 9.76. The number of phenols is 2. The number of carbonyl (C=O) groups excluding carboxylic acids is 1. The molecule has 5 aromatic rings. The summed E-state index contributed by atoms with van der Waals surface area (Å²) in [5.74, 6) is 1.05. The number of ether oxygens (including phenoxy) is 2. The number of fused-ring (bicyclic) bond motifs is 9. The smallest absolute Gasteiger partial charge is 0.340 e. The topological polar surface area (TPSA) is 76.0 Å². The minimum atomic E-state index is -1.17. The molecule has 5 heteroatoms. The van der Waals surface area contributed by atoms with Crippen LogP contribution in [-0.2, 0) is 10.3 Å². The molecular formula is C28H16O5. The molecule has 0 amide bonds. The quantitative estimate of drug-likeness (QED) is 0.295. The van der Waals surface area contributed by atoms with Crippen LogP contribution in [0.5, 0.6) is 23.0 Å². The van der Waals surface area contributed by atoms with Crippen LogP contribution in [0.3, 0.4) is 0 Å². The molecule has 0 aromatic heterocycles. The number of hydrogen-bond donors (Lipinski definition) is 2. The highest BCUT2D eigenvalue weighted by Gasteiger charge is 2.53. The van der Waals surface area contributed by atoms with Gasteiger partial charge in [0.2, 0.25) is 0 Å². The second-order valence-electron chi connectivity index (χ2n) is 8.45. The number of aromatic hydroxyl groups is 2. The van der Waals surface area contributed by atoms with Gasteiger partial charge in [0.25, 0.3) is 0 Å². The average Bonchev–Trinajstić information content (AvgIpc) is 3.11. The third kappa shape index (κ3) is 2.28. The fraction of sp³-hybridized carbons (Fsp3) is 0.0357. The second kappa shape index (κ2) is 6.04. The summed E-state index contributed by atoms with van der Waals surface area (Å²) in [4.78, 5) is 13.0. The highest BCUT2D eigenvalue weighted by molar-refractivity contribution is 6.00. The number of benzene rings is 5. The maximum atomic E-state index is 13.0. The predicted octanol–water partition coefficient (Wildman–Crippen LogP) is 5.97. The van der Waals surface area contributed by atoms with Crippen LogP contribution in [0.2, 0.25) is 0 Å². The zero-order valence-corrected chi connectivity index (χ0v) is 17.2. The number of esters is 1. The first kappa shape index (κ1) is 18.1. The van der Waals surface area contributed by atoms with E-state index in [2.05, 4.69) is 0 Å². The van der Waals surface area contributed by atoms with Crippen LogP contribution in [0.15, 0.2) is 84.9 Å². The summed E-state index contributed by atoms with van der Waals surface area (Å²) in [5.41, 5.74) is 1.56. The first-order valence-corrected chi connectivity index (χ1v) is 10.6. The van der Waals surface area contributed by atoms with Gasteiger partial charge >= 0.3 is 5.97 Å². The highest BCUT2D eigenvalue weighted by Crippen LogP contribution is 2.58. The van der Waals surface area contributed by atoms with Crippen LogP contribution in [0.1, 0.15) is 27.0 Å². The number of rotatable bonds is 0. The number of carbonyl (C=O) groups is 1. The molecule has 33 heavy (non-hydrogen) atoms. The molecule has 0 saturated heterocycles. The maximum Gasteiger partial charge on any atom is 0.340 e. The van der Waals surface area contributed by atoms with Crippen LogP contribution >= 0.6 is 0 Å². The molecule has 5 aromatic carbocycles. The van der Waals surface area contributed by atoms with Gasteiger partial charge in [-0.05, 0) is 70.8 Å². The summed E-state index contributed by atoms with van der Waals surface area (Å²) < 4.78 is 12.7. The van der Waals surface area contributed by atoms with Gasteiger partial charge < -0.3 is 19.7 Å². The van der Waals surface area contributed by atoms with Crippen LogP contribution < -0.4 is 4.74 Å². The minimum Gasteiger partial charge on any atom is -0.508 e. The van der Waals surface area contributed by atoms with Crippen molar-refractivity contribution in [2.75, 3.05) is 0 Å². The third-order valence-corrected chi connectivity index (χ3v) is 6.62. The van der Waals surface area contributed by atoms with Gasteiger partial charge in [-0.25, -0.2) is 4.79 Å². The second-order valence-corrected chi connectivity index (χ2v) is 8.45. The van der Waals surface area contributed by atoms with Gasteiger partial charge in [0.05, 0.1) is 5.56 Å². The van der Waals surface area contributed by atoms with Crippen LogP contribution in [0.25, 0.3) is 21.5 Å². The Labute approximate surface area is 188 Å². The normalized spacial score (nSPS) is 18.0. The van der Waals surface area contributed by atoms with Crippen molar-refractivity contribution < 1.29 is 24.5 Å². The van der Waals surface area contributed by atoms with Crippen molar-refractivity contribution in [1.82, 2.24) is 0 Å². The molecule has 2 heterocycles. The van der Waals surface area contributed by atoms with E-state index < -0.39 is 5.60 Å². The molecule has 1 unspecified atom stereocenters. The van der Waals surface area contributed by atoms with Crippen molar-refractivity contribution in [3.05, 3.63) is 107 Å². The summed E-state index contributed by atoms with van der Waals surface area (Å²) in [7, 11) is 0. The van der Waals surface area contributed by atoms with Gasteiger partial charge in [-0.15, -0.1) is 0 Å². The molecule has 0 saturated carbocycles. The Morgan fingerprint density at radius 3 is 2.30 bits per heavy atom. The molecule has 158 valence electrons. The van der Waals surface area contributed by atoms with E-state index in [1.807, 2.05) is 48.5 Å². The average molecular weight is 432 g/mol. The Morgan fingerprint density at radius 1 is 0.667 bits per heavy atom. The van der Waals surface area contributed by atoms with Gasteiger partial charge in [-0.1, -0.05) is 30.3 Å². The third-order valence-electron chi connectivity index (χ3n) is 6.62. The highest BCUT2D eigenvalue weighted by atomic mass is 16.6.